The molecule has 0 bridgehead atoms. The van der Waals surface area contributed by atoms with Crippen molar-refractivity contribution in [2.75, 3.05) is 0 Å². The Labute approximate surface area is 103 Å². The van der Waals surface area contributed by atoms with Crippen LogP contribution in [0, 0.1) is 11.7 Å². The van der Waals surface area contributed by atoms with Crippen molar-refractivity contribution in [2.45, 2.75) is 24.0 Å². The average molecular weight is 263 g/mol. The maximum atomic E-state index is 12.9. The largest absolute Gasteiger partial charge is 0.480 e. The number of thioether (sulfide) groups is 1. The first-order valence-corrected chi connectivity index (χ1v) is 6.02. The molecule has 0 aliphatic carbocycles. The molecule has 0 saturated carbocycles. The molecule has 0 spiro atoms. The van der Waals surface area contributed by atoms with Gasteiger partial charge in [-0.05, 0) is 24.1 Å². The second kappa shape index (κ2) is 5.55. The van der Waals surface area contributed by atoms with Gasteiger partial charge in [-0.2, -0.15) is 0 Å². The molecule has 0 aromatic heterocycles. The highest BCUT2D eigenvalue weighted by molar-refractivity contribution is 8.00. The van der Waals surface area contributed by atoms with Gasteiger partial charge in [0.15, 0.2) is 0 Å². The van der Waals surface area contributed by atoms with E-state index in [9.17, 15) is 9.18 Å². The summed E-state index contributed by atoms with van der Waals surface area (Å²) in [6.07, 6.45) is 0. The Bertz CT molecular complexity index is 396. The van der Waals surface area contributed by atoms with Gasteiger partial charge in [0, 0.05) is 4.90 Å². The van der Waals surface area contributed by atoms with Crippen LogP contribution in [0.3, 0.4) is 0 Å². The molecule has 1 atom stereocenters. The summed E-state index contributed by atoms with van der Waals surface area (Å²) in [5.41, 5.74) is 0. The maximum Gasteiger partial charge on any atom is 0.317 e. The lowest BCUT2D eigenvalue weighted by Crippen LogP contribution is -2.22. The fourth-order valence-electron chi connectivity index (χ4n) is 1.17. The van der Waals surface area contributed by atoms with E-state index < -0.39 is 17.0 Å². The van der Waals surface area contributed by atoms with E-state index in [2.05, 4.69) is 0 Å². The minimum atomic E-state index is -0.875. The Morgan fingerprint density at radius 3 is 2.56 bits per heavy atom. The van der Waals surface area contributed by atoms with Gasteiger partial charge in [-0.15, -0.1) is 11.8 Å². The monoisotopic (exact) mass is 262 g/mol. The van der Waals surface area contributed by atoms with E-state index in [-0.39, 0.29) is 10.9 Å². The molecule has 0 amide bonds. The minimum Gasteiger partial charge on any atom is -0.480 e. The molecule has 1 unspecified atom stereocenters. The van der Waals surface area contributed by atoms with Crippen LogP contribution < -0.4 is 0 Å². The number of carbonyl (C=O) groups is 1. The standard InChI is InChI=1S/C11H12ClFO2S/c1-6(2)10(11(14)15)16-7-3-4-9(13)8(12)5-7/h3-6,10H,1-2H3,(H,14,15). The molecule has 0 radical (unpaired) electrons. The highest BCUT2D eigenvalue weighted by Gasteiger charge is 2.22. The third-order valence-corrected chi connectivity index (χ3v) is 3.82. The zero-order valence-corrected chi connectivity index (χ0v) is 10.5. The van der Waals surface area contributed by atoms with Crippen molar-refractivity contribution in [2.24, 2.45) is 5.92 Å². The Kier molecular flexibility index (Phi) is 4.62. The SMILES string of the molecule is CC(C)C(Sc1ccc(F)c(Cl)c1)C(=O)O. The first-order chi connectivity index (χ1) is 7.41. The van der Waals surface area contributed by atoms with E-state index in [1.807, 2.05) is 13.8 Å². The van der Waals surface area contributed by atoms with E-state index in [0.29, 0.717) is 4.90 Å². The topological polar surface area (TPSA) is 37.3 Å². The zero-order valence-electron chi connectivity index (χ0n) is 8.91. The van der Waals surface area contributed by atoms with Crippen molar-refractivity contribution in [3.8, 4) is 0 Å². The Balaban J connectivity index is 2.86. The van der Waals surface area contributed by atoms with Crippen LogP contribution in [0.15, 0.2) is 23.1 Å². The fraction of sp³-hybridized carbons (Fsp3) is 0.364. The number of aliphatic carboxylic acids is 1. The summed E-state index contributed by atoms with van der Waals surface area (Å²) >= 11 is 6.80. The van der Waals surface area contributed by atoms with Gasteiger partial charge in [0.1, 0.15) is 11.1 Å². The van der Waals surface area contributed by atoms with Crippen LogP contribution >= 0.6 is 23.4 Å². The second-order valence-corrected chi connectivity index (χ2v) is 5.32. The lowest BCUT2D eigenvalue weighted by Gasteiger charge is -2.15. The molecule has 0 saturated heterocycles. The molecule has 0 aliphatic heterocycles. The summed E-state index contributed by atoms with van der Waals surface area (Å²) in [6.45, 7) is 3.66. The molecule has 2 nitrogen and oxygen atoms in total. The predicted molar refractivity (Wildman–Crippen MR) is 63.5 cm³/mol. The minimum absolute atomic E-state index is 0.00803. The normalized spacial score (nSPS) is 12.8. The van der Waals surface area contributed by atoms with E-state index >= 15 is 0 Å². The highest BCUT2D eigenvalue weighted by atomic mass is 35.5. The van der Waals surface area contributed by atoms with E-state index in [1.54, 1.807) is 0 Å². The molecular weight excluding hydrogens is 251 g/mol. The van der Waals surface area contributed by atoms with Gasteiger partial charge in [-0.25, -0.2) is 4.39 Å². The molecule has 1 rings (SSSR count). The summed E-state index contributed by atoms with van der Waals surface area (Å²) in [4.78, 5) is 11.6. The average Bonchev–Trinajstić information content (AvgIpc) is 2.18. The summed E-state index contributed by atoms with van der Waals surface area (Å²) in [5, 5.41) is 8.46. The van der Waals surface area contributed by atoms with Gasteiger partial charge in [0.05, 0.1) is 5.02 Å². The first-order valence-electron chi connectivity index (χ1n) is 4.76. The molecule has 5 heteroatoms. The Morgan fingerprint density at radius 2 is 2.12 bits per heavy atom. The molecular formula is C11H12ClFO2S. The summed E-state index contributed by atoms with van der Waals surface area (Å²) in [7, 11) is 0. The zero-order chi connectivity index (χ0) is 12.3. The van der Waals surface area contributed by atoms with Gasteiger partial charge < -0.3 is 5.11 Å². The van der Waals surface area contributed by atoms with Crippen LogP contribution in [0.25, 0.3) is 0 Å². The number of rotatable bonds is 4. The molecule has 1 N–H and O–H groups in total. The van der Waals surface area contributed by atoms with Crippen LogP contribution in [-0.2, 0) is 4.79 Å². The molecule has 16 heavy (non-hydrogen) atoms. The fourth-order valence-corrected chi connectivity index (χ4v) is 2.41. The summed E-state index contributed by atoms with van der Waals surface area (Å²) < 4.78 is 12.9. The highest BCUT2D eigenvalue weighted by Crippen LogP contribution is 2.30. The molecule has 0 heterocycles. The third kappa shape index (κ3) is 3.39. The number of hydrogen-bond donors (Lipinski definition) is 1. The third-order valence-electron chi connectivity index (χ3n) is 2.00. The summed E-state index contributed by atoms with van der Waals surface area (Å²) in [5.74, 6) is -1.38. The molecule has 1 aromatic rings. The van der Waals surface area contributed by atoms with Crippen LogP contribution in [0.2, 0.25) is 5.02 Å². The van der Waals surface area contributed by atoms with E-state index in [4.69, 9.17) is 16.7 Å². The summed E-state index contributed by atoms with van der Waals surface area (Å²) in [6, 6.07) is 4.22. The van der Waals surface area contributed by atoms with Crippen molar-refractivity contribution in [3.05, 3.63) is 29.0 Å². The first kappa shape index (κ1) is 13.3. The van der Waals surface area contributed by atoms with Gasteiger partial charge in [-0.3, -0.25) is 4.79 Å². The van der Waals surface area contributed by atoms with Gasteiger partial charge in [-0.1, -0.05) is 25.4 Å². The number of benzene rings is 1. The second-order valence-electron chi connectivity index (χ2n) is 3.70. The van der Waals surface area contributed by atoms with Crippen molar-refractivity contribution in [1.82, 2.24) is 0 Å². The molecule has 88 valence electrons. The molecule has 0 aliphatic rings. The number of hydrogen-bond acceptors (Lipinski definition) is 2. The molecule has 0 fully saturated rings. The molecule has 1 aromatic carbocycles. The van der Waals surface area contributed by atoms with Crippen molar-refractivity contribution in [3.63, 3.8) is 0 Å². The van der Waals surface area contributed by atoms with Crippen LogP contribution in [-0.4, -0.2) is 16.3 Å². The lowest BCUT2D eigenvalue weighted by molar-refractivity contribution is -0.137. The van der Waals surface area contributed by atoms with Crippen molar-refractivity contribution in [1.29, 1.82) is 0 Å². The van der Waals surface area contributed by atoms with Crippen LogP contribution in [0.5, 0.6) is 0 Å². The Hall–Kier alpha value is -0.740. The smallest absolute Gasteiger partial charge is 0.317 e. The lowest BCUT2D eigenvalue weighted by atomic mass is 10.1. The van der Waals surface area contributed by atoms with Gasteiger partial charge in [0.25, 0.3) is 0 Å². The van der Waals surface area contributed by atoms with Crippen LogP contribution in [0.4, 0.5) is 4.39 Å². The van der Waals surface area contributed by atoms with E-state index in [1.165, 1.54) is 30.0 Å². The van der Waals surface area contributed by atoms with Gasteiger partial charge >= 0.3 is 5.97 Å². The predicted octanol–water partition coefficient (Wildman–Crippen LogP) is 3.68. The quantitative estimate of drug-likeness (QED) is 0.841. The number of carboxylic acid groups (broad SMARTS) is 1. The number of halogens is 2. The Morgan fingerprint density at radius 1 is 1.50 bits per heavy atom. The van der Waals surface area contributed by atoms with Crippen LogP contribution in [0.1, 0.15) is 13.8 Å². The number of carboxylic acids is 1. The van der Waals surface area contributed by atoms with Crippen molar-refractivity contribution >= 4 is 29.3 Å². The van der Waals surface area contributed by atoms with E-state index in [0.717, 1.165) is 0 Å². The van der Waals surface area contributed by atoms with Gasteiger partial charge in [0.2, 0.25) is 0 Å². The van der Waals surface area contributed by atoms with Crippen molar-refractivity contribution < 1.29 is 14.3 Å². The maximum absolute atomic E-state index is 12.9.